The molecule has 3 N–H and O–H groups in total. The first-order chi connectivity index (χ1) is 21.2. The Balaban J connectivity index is 1.38. The van der Waals surface area contributed by atoms with Crippen LogP contribution >= 0.6 is 0 Å². The second-order valence-corrected chi connectivity index (χ2v) is 12.9. The molecule has 4 heterocycles. The van der Waals surface area contributed by atoms with Crippen molar-refractivity contribution in [3.63, 3.8) is 0 Å². The summed E-state index contributed by atoms with van der Waals surface area (Å²) in [6, 6.07) is 9.55. The molecule has 44 heavy (non-hydrogen) atoms. The number of benzene rings is 2. The summed E-state index contributed by atoms with van der Waals surface area (Å²) in [4.78, 5) is 17.4. The minimum atomic E-state index is -3.63. The molecule has 6 rings (SSSR count). The van der Waals surface area contributed by atoms with Crippen LogP contribution in [0.15, 0.2) is 36.5 Å². The molecule has 1 fully saturated rings. The van der Waals surface area contributed by atoms with E-state index in [2.05, 4.69) is 51.5 Å². The molecular formula is C30H38N8O5S. The number of likely N-dealkylation sites (N-methyl/N-ethyl adjacent to an activating group) is 1. The van der Waals surface area contributed by atoms with Gasteiger partial charge in [0.05, 0.1) is 30.1 Å². The molecule has 0 amide bonds. The van der Waals surface area contributed by atoms with Crippen molar-refractivity contribution in [1.82, 2.24) is 19.9 Å². The number of nitrogens with zero attached hydrogens (tertiary/aromatic N) is 5. The molecule has 0 bridgehead atoms. The monoisotopic (exact) mass is 622 g/mol. The van der Waals surface area contributed by atoms with E-state index in [-0.39, 0.29) is 0 Å². The van der Waals surface area contributed by atoms with Gasteiger partial charge in [-0.25, -0.2) is 8.42 Å². The molecule has 0 unspecified atom stereocenters. The number of sulfonamides is 1. The highest BCUT2D eigenvalue weighted by atomic mass is 32.2. The Morgan fingerprint density at radius 1 is 1.05 bits per heavy atom. The van der Waals surface area contributed by atoms with Crippen molar-refractivity contribution in [2.24, 2.45) is 0 Å². The number of ether oxygens (including phenoxy) is 3. The summed E-state index contributed by atoms with van der Waals surface area (Å²) in [5, 5.41) is 7.44. The van der Waals surface area contributed by atoms with Gasteiger partial charge >= 0.3 is 0 Å². The molecule has 0 radical (unpaired) electrons. The van der Waals surface area contributed by atoms with Gasteiger partial charge in [0.1, 0.15) is 36.1 Å². The Bertz CT molecular complexity index is 1790. The fourth-order valence-corrected chi connectivity index (χ4v) is 6.04. The lowest BCUT2D eigenvalue weighted by Crippen LogP contribution is -2.44. The number of fused-ring (bicyclic) bond motifs is 2. The second kappa shape index (κ2) is 11.9. The fraction of sp³-hybridized carbons (Fsp3) is 0.400. The third-order valence-electron chi connectivity index (χ3n) is 8.04. The summed E-state index contributed by atoms with van der Waals surface area (Å²) in [5.74, 6) is 2.32. The van der Waals surface area contributed by atoms with Crippen LogP contribution in [0.4, 0.5) is 34.5 Å². The molecule has 0 spiro atoms. The van der Waals surface area contributed by atoms with Crippen LogP contribution in [0.1, 0.15) is 12.5 Å². The number of aromatic nitrogens is 3. The van der Waals surface area contributed by atoms with E-state index in [1.54, 1.807) is 25.4 Å². The van der Waals surface area contributed by atoms with Crippen molar-refractivity contribution in [2.75, 3.05) is 86.7 Å². The summed E-state index contributed by atoms with van der Waals surface area (Å²) in [6.07, 6.45) is 3.77. The minimum absolute atomic E-state index is 0.305. The number of piperazine rings is 1. The lowest BCUT2D eigenvalue weighted by Gasteiger charge is -2.35. The van der Waals surface area contributed by atoms with Crippen LogP contribution in [-0.4, -0.2) is 95.1 Å². The van der Waals surface area contributed by atoms with Gasteiger partial charge in [-0.1, -0.05) is 6.92 Å². The van der Waals surface area contributed by atoms with E-state index >= 15 is 0 Å². The number of nitrogens with one attached hydrogen (secondary N) is 3. The van der Waals surface area contributed by atoms with Crippen LogP contribution in [-0.2, 0) is 16.4 Å². The average molecular weight is 623 g/mol. The first-order valence-corrected chi connectivity index (χ1v) is 16.4. The van der Waals surface area contributed by atoms with E-state index in [0.717, 1.165) is 49.9 Å². The molecule has 4 aromatic rings. The molecule has 234 valence electrons. The molecule has 0 aliphatic carbocycles. The van der Waals surface area contributed by atoms with Gasteiger partial charge in [-0.3, -0.25) is 4.31 Å². The molecule has 0 saturated carbocycles. The maximum atomic E-state index is 12.6. The summed E-state index contributed by atoms with van der Waals surface area (Å²) < 4.78 is 43.9. The number of H-pyrrole nitrogens is 1. The Labute approximate surface area is 257 Å². The first kappa shape index (κ1) is 29.6. The number of aryl methyl sites for hydroxylation is 1. The van der Waals surface area contributed by atoms with Crippen LogP contribution in [0.5, 0.6) is 17.2 Å². The van der Waals surface area contributed by atoms with Crippen LogP contribution in [0.25, 0.3) is 11.0 Å². The highest BCUT2D eigenvalue weighted by Crippen LogP contribution is 2.46. The van der Waals surface area contributed by atoms with Gasteiger partial charge in [-0.2, -0.15) is 9.97 Å². The fourth-order valence-electron chi connectivity index (χ4n) is 5.53. The summed E-state index contributed by atoms with van der Waals surface area (Å²) in [6.45, 7) is 6.76. The van der Waals surface area contributed by atoms with Gasteiger partial charge in [-0.15, -0.1) is 0 Å². The molecule has 2 aliphatic heterocycles. The van der Waals surface area contributed by atoms with Crippen molar-refractivity contribution >= 4 is 55.6 Å². The summed E-state index contributed by atoms with van der Waals surface area (Å²) in [5.41, 5.74) is 4.53. The number of hydrogen-bond donors (Lipinski definition) is 3. The molecule has 1 saturated heterocycles. The van der Waals surface area contributed by atoms with Gasteiger partial charge in [-0.05, 0) is 43.3 Å². The zero-order chi connectivity index (χ0) is 31.0. The zero-order valence-corrected chi connectivity index (χ0v) is 26.4. The topological polar surface area (TPSA) is 137 Å². The van der Waals surface area contributed by atoms with Gasteiger partial charge in [0.15, 0.2) is 11.5 Å². The average Bonchev–Trinajstić information content (AvgIpc) is 3.49. The van der Waals surface area contributed by atoms with E-state index in [9.17, 15) is 8.42 Å². The third-order valence-corrected chi connectivity index (χ3v) is 9.21. The largest absolute Gasteiger partial charge is 0.494 e. The van der Waals surface area contributed by atoms with Crippen LogP contribution < -0.4 is 34.0 Å². The van der Waals surface area contributed by atoms with E-state index in [4.69, 9.17) is 24.2 Å². The van der Waals surface area contributed by atoms with Crippen molar-refractivity contribution in [1.29, 1.82) is 0 Å². The number of methoxy groups -OCH3 is 1. The SMILES string of the molecule is CCc1cc(Nc2nc(Nc3ccc4c(c3N(C)S(C)(=O)=O)OCCO4)c3cc[nH]c3n2)c(OC)cc1N1CCN(C)CC1. The van der Waals surface area contributed by atoms with Gasteiger partial charge in [0.2, 0.25) is 16.0 Å². The number of rotatable bonds is 9. The number of hydrogen-bond acceptors (Lipinski definition) is 11. The van der Waals surface area contributed by atoms with Gasteiger partial charge in [0.25, 0.3) is 0 Å². The Hall–Kier alpha value is -4.43. The van der Waals surface area contributed by atoms with Crippen molar-refractivity contribution in [3.8, 4) is 17.2 Å². The van der Waals surface area contributed by atoms with Crippen LogP contribution in [0, 0.1) is 0 Å². The number of aromatic amines is 1. The lowest BCUT2D eigenvalue weighted by molar-refractivity contribution is 0.172. The zero-order valence-electron chi connectivity index (χ0n) is 25.6. The Morgan fingerprint density at radius 3 is 2.55 bits per heavy atom. The standard InChI is InChI=1S/C30H38N8O5S/c1-6-19-17-22(25(41-4)18-23(19)38-13-11-36(2)12-14-38)33-30-34-28-20(9-10-31-28)29(35-30)32-21-7-8-24-27(43-16-15-42-24)26(21)37(3)44(5,39)40/h7-10,17-18H,6,11-16H2,1-5H3,(H3,31,32,33,34,35). The first-order valence-electron chi connectivity index (χ1n) is 14.6. The Kier molecular flexibility index (Phi) is 8.03. The predicted octanol–water partition coefficient (Wildman–Crippen LogP) is 3.93. The van der Waals surface area contributed by atoms with Crippen LogP contribution in [0.2, 0.25) is 0 Å². The van der Waals surface area contributed by atoms with Gasteiger partial charge in [0, 0.05) is 51.2 Å². The lowest BCUT2D eigenvalue weighted by atomic mass is 10.1. The maximum Gasteiger partial charge on any atom is 0.232 e. The highest BCUT2D eigenvalue weighted by molar-refractivity contribution is 7.92. The molecule has 2 aliphatic rings. The molecular weight excluding hydrogens is 584 g/mol. The third kappa shape index (κ3) is 5.74. The van der Waals surface area contributed by atoms with E-state index < -0.39 is 10.0 Å². The normalized spacial score (nSPS) is 15.3. The van der Waals surface area contributed by atoms with E-state index in [1.165, 1.54) is 22.6 Å². The van der Waals surface area contributed by atoms with Crippen LogP contribution in [0.3, 0.4) is 0 Å². The highest BCUT2D eigenvalue weighted by Gasteiger charge is 2.27. The smallest absolute Gasteiger partial charge is 0.232 e. The van der Waals surface area contributed by atoms with E-state index in [1.807, 2.05) is 6.07 Å². The predicted molar refractivity (Wildman–Crippen MR) is 173 cm³/mol. The van der Waals surface area contributed by atoms with Crippen molar-refractivity contribution in [3.05, 3.63) is 42.1 Å². The van der Waals surface area contributed by atoms with Crippen molar-refractivity contribution < 1.29 is 22.6 Å². The second-order valence-electron chi connectivity index (χ2n) is 10.9. The molecule has 2 aromatic heterocycles. The summed E-state index contributed by atoms with van der Waals surface area (Å²) >= 11 is 0. The molecule has 13 nitrogen and oxygen atoms in total. The quantitative estimate of drug-likeness (QED) is 0.250. The molecule has 0 atom stereocenters. The number of anilines is 6. The van der Waals surface area contributed by atoms with Gasteiger partial charge < -0.3 is 39.6 Å². The Morgan fingerprint density at radius 2 is 1.82 bits per heavy atom. The molecule has 14 heteroatoms. The maximum absolute atomic E-state index is 12.6. The molecule has 2 aromatic carbocycles. The van der Waals surface area contributed by atoms with E-state index in [0.29, 0.717) is 59.3 Å². The minimum Gasteiger partial charge on any atom is -0.494 e. The van der Waals surface area contributed by atoms with Crippen molar-refractivity contribution in [2.45, 2.75) is 13.3 Å². The summed E-state index contributed by atoms with van der Waals surface area (Å²) in [7, 11) is 1.66.